The van der Waals surface area contributed by atoms with E-state index in [0.29, 0.717) is 22.8 Å². The van der Waals surface area contributed by atoms with E-state index < -0.39 is 32.0 Å². The number of hydrogen-bond acceptors (Lipinski definition) is 7. The zero-order valence-electron chi connectivity index (χ0n) is 22.5. The molecule has 0 saturated heterocycles. The average Bonchev–Trinajstić information content (AvgIpc) is 3.32. The van der Waals surface area contributed by atoms with E-state index in [0.717, 1.165) is 11.1 Å². The smallest absolute Gasteiger partial charge is 0.280 e. The van der Waals surface area contributed by atoms with Gasteiger partial charge in [-0.25, -0.2) is 8.42 Å². The largest absolute Gasteiger partial charge is 0.497 e. The van der Waals surface area contributed by atoms with Crippen molar-refractivity contribution in [3.8, 4) is 11.5 Å². The maximum absolute atomic E-state index is 14.1. The van der Waals surface area contributed by atoms with Crippen LogP contribution in [0.15, 0.2) is 89.5 Å². The summed E-state index contributed by atoms with van der Waals surface area (Å²) < 4.78 is 48.1. The van der Waals surface area contributed by atoms with Gasteiger partial charge in [-0.3, -0.25) is 10.1 Å². The second-order valence-corrected chi connectivity index (χ2v) is 12.6. The molecule has 0 radical (unpaired) electrons. The lowest BCUT2D eigenvalue weighted by atomic mass is 9.75. The van der Waals surface area contributed by atoms with Crippen LogP contribution in [0.1, 0.15) is 36.5 Å². The van der Waals surface area contributed by atoms with Gasteiger partial charge in [-0.15, -0.1) is 0 Å². The summed E-state index contributed by atoms with van der Waals surface area (Å²) in [7, 11) is -2.42. The Hall–Kier alpha value is -4.15. The van der Waals surface area contributed by atoms with Crippen molar-refractivity contribution in [2.75, 3.05) is 13.7 Å². The molecule has 206 valence electrons. The van der Waals surface area contributed by atoms with E-state index >= 15 is 0 Å². The highest BCUT2D eigenvalue weighted by Crippen LogP contribution is 2.58. The zero-order chi connectivity index (χ0) is 28.4. The minimum Gasteiger partial charge on any atom is -0.497 e. The minimum atomic E-state index is -3.98. The van der Waals surface area contributed by atoms with Gasteiger partial charge in [0.2, 0.25) is 10.0 Å². The fraction of sp³-hybridized carbons (Fsp3) is 0.267. The van der Waals surface area contributed by atoms with Crippen molar-refractivity contribution in [2.45, 2.75) is 42.7 Å². The fourth-order valence-electron chi connectivity index (χ4n) is 5.71. The second kappa shape index (κ2) is 8.94. The molecule has 0 fully saturated rings. The molecular weight excluding hydrogens is 532 g/mol. The number of aryl methyl sites for hydroxylation is 1. The molecule has 2 atom stereocenters. The van der Waals surface area contributed by atoms with Crippen LogP contribution in [0.3, 0.4) is 0 Å². The molecule has 0 N–H and O–H groups in total. The van der Waals surface area contributed by atoms with Gasteiger partial charge in [0.15, 0.2) is 5.60 Å². The summed E-state index contributed by atoms with van der Waals surface area (Å²) in [6.07, 6.45) is 3.60. The van der Waals surface area contributed by atoms with Gasteiger partial charge in [0.05, 0.1) is 40.5 Å². The number of ether oxygens (including phenoxy) is 3. The van der Waals surface area contributed by atoms with E-state index in [2.05, 4.69) is 0 Å². The lowest BCUT2D eigenvalue weighted by Crippen LogP contribution is -2.61. The van der Waals surface area contributed by atoms with Crippen LogP contribution in [-0.2, 0) is 14.8 Å². The van der Waals surface area contributed by atoms with E-state index in [1.54, 1.807) is 67.8 Å². The quantitative estimate of drug-likeness (QED) is 0.297. The fourth-order valence-corrected chi connectivity index (χ4v) is 7.48. The Balaban J connectivity index is 1.55. The van der Waals surface area contributed by atoms with E-state index in [-0.39, 0.29) is 22.9 Å². The topological polar surface area (TPSA) is 108 Å². The van der Waals surface area contributed by atoms with E-state index in [9.17, 15) is 18.5 Å². The number of para-hydroxylation sites is 1. The third-order valence-corrected chi connectivity index (χ3v) is 9.83. The third-order valence-electron chi connectivity index (χ3n) is 7.78. The number of fused-ring (bicyclic) bond motifs is 2. The Bertz CT molecular complexity index is 1710. The number of rotatable bonds is 5. The number of benzene rings is 3. The van der Waals surface area contributed by atoms with Gasteiger partial charge in [0.25, 0.3) is 5.69 Å². The molecule has 0 bridgehead atoms. The number of methoxy groups -OCH3 is 1. The maximum atomic E-state index is 14.1. The molecule has 9 nitrogen and oxygen atoms in total. The van der Waals surface area contributed by atoms with Gasteiger partial charge in [-0.2, -0.15) is 4.31 Å². The molecule has 3 heterocycles. The van der Waals surface area contributed by atoms with Crippen molar-refractivity contribution in [1.82, 2.24) is 4.31 Å². The highest BCUT2D eigenvalue weighted by Gasteiger charge is 2.61. The highest BCUT2D eigenvalue weighted by atomic mass is 32.2. The summed E-state index contributed by atoms with van der Waals surface area (Å²) in [6, 6.07) is 18.5. The number of nitro benzene ring substituents is 1. The minimum absolute atomic E-state index is 0.0794. The van der Waals surface area contributed by atoms with Gasteiger partial charge < -0.3 is 14.2 Å². The number of nitro groups is 1. The van der Waals surface area contributed by atoms with Crippen molar-refractivity contribution in [2.24, 2.45) is 0 Å². The molecule has 1 spiro atoms. The van der Waals surface area contributed by atoms with Crippen molar-refractivity contribution >= 4 is 21.5 Å². The van der Waals surface area contributed by atoms with Crippen LogP contribution in [0, 0.1) is 17.0 Å². The molecular formula is C30H28N2O7S. The van der Waals surface area contributed by atoms with Crippen LogP contribution in [0.5, 0.6) is 11.5 Å². The molecule has 3 aliphatic heterocycles. The third kappa shape index (κ3) is 3.89. The summed E-state index contributed by atoms with van der Waals surface area (Å²) >= 11 is 0. The van der Waals surface area contributed by atoms with Crippen LogP contribution in [0.4, 0.5) is 5.69 Å². The Kier molecular flexibility index (Phi) is 5.83. The number of hydrogen-bond donors (Lipinski definition) is 0. The highest BCUT2D eigenvalue weighted by molar-refractivity contribution is 7.89. The lowest BCUT2D eigenvalue weighted by molar-refractivity contribution is -0.385. The second-order valence-electron chi connectivity index (χ2n) is 10.8. The Morgan fingerprint density at radius 3 is 2.50 bits per heavy atom. The van der Waals surface area contributed by atoms with Gasteiger partial charge in [0.1, 0.15) is 23.0 Å². The van der Waals surface area contributed by atoms with Crippen LogP contribution < -0.4 is 9.47 Å². The molecule has 3 aromatic carbocycles. The summed E-state index contributed by atoms with van der Waals surface area (Å²) in [4.78, 5) is 11.6. The molecule has 0 unspecified atom stereocenters. The molecule has 0 aliphatic carbocycles. The van der Waals surface area contributed by atoms with E-state index in [1.807, 2.05) is 32.9 Å². The molecule has 10 heteroatoms. The predicted molar refractivity (Wildman–Crippen MR) is 148 cm³/mol. The molecule has 0 aromatic heterocycles. The monoisotopic (exact) mass is 560 g/mol. The number of nitrogens with zero attached hydrogens (tertiary/aromatic N) is 2. The first kappa shape index (κ1) is 26.1. The average molecular weight is 561 g/mol. The van der Waals surface area contributed by atoms with Crippen molar-refractivity contribution < 1.29 is 27.6 Å². The summed E-state index contributed by atoms with van der Waals surface area (Å²) in [5, 5.41) is 11.9. The summed E-state index contributed by atoms with van der Waals surface area (Å²) in [5.74, 6) is 1.41. The number of sulfonamides is 1. The molecule has 0 saturated carbocycles. The zero-order valence-corrected chi connectivity index (χ0v) is 23.3. The first-order valence-corrected chi connectivity index (χ1v) is 14.2. The van der Waals surface area contributed by atoms with Crippen LogP contribution in [-0.4, -0.2) is 42.4 Å². The van der Waals surface area contributed by atoms with Crippen molar-refractivity contribution in [3.05, 3.63) is 111 Å². The van der Waals surface area contributed by atoms with Crippen LogP contribution in [0.25, 0.3) is 5.76 Å². The van der Waals surface area contributed by atoms with Gasteiger partial charge in [-0.1, -0.05) is 29.8 Å². The van der Waals surface area contributed by atoms with E-state index in [4.69, 9.17) is 14.2 Å². The van der Waals surface area contributed by atoms with Crippen LogP contribution >= 0.6 is 0 Å². The normalized spacial score (nSPS) is 22.9. The van der Waals surface area contributed by atoms with Crippen LogP contribution in [0.2, 0.25) is 0 Å². The SMILES string of the molecule is COc1ccc2c(c1)[C@H]1C=C(c3ccccc3[N+](=O)[O-])O[C@]13CN(S(=O)(=O)c1ccc(C)cc1)C(C)(C)C=C3O2. The predicted octanol–water partition coefficient (Wildman–Crippen LogP) is 5.56. The first-order valence-electron chi connectivity index (χ1n) is 12.8. The molecule has 3 aliphatic rings. The Morgan fingerprint density at radius 2 is 1.80 bits per heavy atom. The first-order chi connectivity index (χ1) is 19.0. The van der Waals surface area contributed by atoms with E-state index in [1.165, 1.54) is 10.4 Å². The standard InChI is InChI=1S/C30H28N2O7S/c1-19-9-12-21(13-10-19)40(35,36)31-18-30-24(16-27(39-30)22-7-5-6-8-25(22)32(33)34)23-15-20(37-4)11-14-26(23)38-28(30)17-29(31,2)3/h5-17,24H,18H2,1-4H3/t24-,30-/m1/s1. The maximum Gasteiger partial charge on any atom is 0.280 e. The lowest BCUT2D eigenvalue weighted by Gasteiger charge is -2.50. The van der Waals surface area contributed by atoms with Crippen molar-refractivity contribution in [1.29, 1.82) is 0 Å². The summed E-state index contributed by atoms with van der Waals surface area (Å²) in [6.45, 7) is 5.44. The van der Waals surface area contributed by atoms with Gasteiger partial charge in [0, 0.05) is 11.6 Å². The molecule has 40 heavy (non-hydrogen) atoms. The molecule has 3 aromatic rings. The molecule has 0 amide bonds. The van der Waals surface area contributed by atoms with Crippen molar-refractivity contribution in [3.63, 3.8) is 0 Å². The Morgan fingerprint density at radius 1 is 1.07 bits per heavy atom. The Labute approximate surface area is 232 Å². The van der Waals surface area contributed by atoms with Gasteiger partial charge >= 0.3 is 0 Å². The molecule has 6 rings (SSSR count). The summed E-state index contributed by atoms with van der Waals surface area (Å²) in [5.41, 5.74) is -0.395. The van der Waals surface area contributed by atoms with Gasteiger partial charge in [-0.05, 0) is 69.3 Å².